The minimum absolute atomic E-state index is 0.0299. The van der Waals surface area contributed by atoms with Crippen molar-refractivity contribution >= 4 is 11.8 Å². The van der Waals surface area contributed by atoms with Gasteiger partial charge in [0.15, 0.2) is 0 Å². The third kappa shape index (κ3) is 4.57. The van der Waals surface area contributed by atoms with Crippen LogP contribution in [0.3, 0.4) is 0 Å². The summed E-state index contributed by atoms with van der Waals surface area (Å²) in [6, 6.07) is 19.4. The van der Waals surface area contributed by atoms with Crippen LogP contribution in [0.4, 0.5) is 0 Å². The molecule has 0 bridgehead atoms. The van der Waals surface area contributed by atoms with Crippen LogP contribution in [0.1, 0.15) is 44.0 Å². The second kappa shape index (κ2) is 9.10. The number of aromatic carboxylic acids is 1. The van der Waals surface area contributed by atoms with Gasteiger partial charge < -0.3 is 14.2 Å². The highest BCUT2D eigenvalue weighted by atomic mass is 16.4. The van der Waals surface area contributed by atoms with Crippen LogP contribution >= 0.6 is 0 Å². The highest BCUT2D eigenvalue weighted by Gasteiger charge is 2.15. The first-order valence-electron chi connectivity index (χ1n) is 10.7. The molecule has 0 unspecified atom stereocenters. The molecule has 0 aliphatic carbocycles. The zero-order chi connectivity index (χ0) is 22.7. The van der Waals surface area contributed by atoms with Crippen LogP contribution in [-0.2, 0) is 20.0 Å². The molecule has 2 aromatic heterocycles. The minimum Gasteiger partial charge on any atom is -0.478 e. The van der Waals surface area contributed by atoms with Gasteiger partial charge in [0.25, 0.3) is 0 Å². The molecule has 0 aliphatic rings. The Morgan fingerprint density at radius 2 is 1.75 bits per heavy atom. The molecule has 0 radical (unpaired) electrons. The SMILES string of the molecule is Cc1ccc(C(=O)c2cccn2CCCc2cccc(-c3cn(C)cc3C(=O)O)c2)cc1. The summed E-state index contributed by atoms with van der Waals surface area (Å²) in [6.45, 7) is 2.74. The first-order valence-corrected chi connectivity index (χ1v) is 10.7. The van der Waals surface area contributed by atoms with Gasteiger partial charge in [-0.15, -0.1) is 0 Å². The summed E-state index contributed by atoms with van der Waals surface area (Å²) in [5.41, 5.74) is 5.58. The normalized spacial score (nSPS) is 10.9. The lowest BCUT2D eigenvalue weighted by molar-refractivity contribution is 0.0697. The lowest BCUT2D eigenvalue weighted by Crippen LogP contribution is -2.10. The molecule has 4 aromatic rings. The molecule has 32 heavy (non-hydrogen) atoms. The number of aromatic nitrogens is 2. The second-order valence-electron chi connectivity index (χ2n) is 8.14. The Morgan fingerprint density at radius 1 is 0.969 bits per heavy atom. The largest absolute Gasteiger partial charge is 0.478 e. The topological polar surface area (TPSA) is 64.2 Å². The van der Waals surface area contributed by atoms with Crippen molar-refractivity contribution in [1.29, 1.82) is 0 Å². The van der Waals surface area contributed by atoms with Gasteiger partial charge >= 0.3 is 5.97 Å². The molecule has 0 spiro atoms. The number of aryl methyl sites for hydroxylation is 4. The summed E-state index contributed by atoms with van der Waals surface area (Å²) >= 11 is 0. The van der Waals surface area contributed by atoms with Gasteiger partial charge in [-0.25, -0.2) is 4.79 Å². The summed E-state index contributed by atoms with van der Waals surface area (Å²) in [7, 11) is 1.83. The van der Waals surface area contributed by atoms with Crippen LogP contribution in [-0.4, -0.2) is 26.0 Å². The summed E-state index contributed by atoms with van der Waals surface area (Å²) < 4.78 is 3.77. The van der Waals surface area contributed by atoms with Gasteiger partial charge in [-0.1, -0.05) is 54.1 Å². The lowest BCUT2D eigenvalue weighted by Gasteiger charge is -2.10. The fourth-order valence-corrected chi connectivity index (χ4v) is 4.00. The third-order valence-electron chi connectivity index (χ3n) is 5.66. The average Bonchev–Trinajstić information content (AvgIpc) is 3.41. The van der Waals surface area contributed by atoms with Crippen LogP contribution in [0.15, 0.2) is 79.3 Å². The molecule has 1 N–H and O–H groups in total. The van der Waals surface area contributed by atoms with Crippen LogP contribution in [0.25, 0.3) is 11.1 Å². The van der Waals surface area contributed by atoms with Gasteiger partial charge in [0.1, 0.15) is 0 Å². The molecule has 5 heteroatoms. The maximum atomic E-state index is 12.9. The lowest BCUT2D eigenvalue weighted by atomic mass is 10.0. The van der Waals surface area contributed by atoms with Crippen LogP contribution < -0.4 is 0 Å². The van der Waals surface area contributed by atoms with Gasteiger partial charge in [0.2, 0.25) is 5.78 Å². The molecule has 4 rings (SSSR count). The first-order chi connectivity index (χ1) is 15.4. The van der Waals surface area contributed by atoms with Gasteiger partial charge in [-0.3, -0.25) is 4.79 Å². The Kier molecular flexibility index (Phi) is 6.08. The maximum Gasteiger partial charge on any atom is 0.337 e. The summed E-state index contributed by atoms with van der Waals surface area (Å²) in [6.07, 6.45) is 7.11. The van der Waals surface area contributed by atoms with E-state index < -0.39 is 5.97 Å². The van der Waals surface area contributed by atoms with Crippen molar-refractivity contribution in [2.75, 3.05) is 0 Å². The summed E-state index contributed by atoms with van der Waals surface area (Å²) in [4.78, 5) is 24.5. The molecule has 162 valence electrons. The molecular formula is C27H26N2O3. The number of carboxylic acid groups (broad SMARTS) is 1. The monoisotopic (exact) mass is 426 g/mol. The molecule has 2 heterocycles. The number of hydrogen-bond acceptors (Lipinski definition) is 2. The molecule has 0 saturated heterocycles. The van der Waals surface area contributed by atoms with Crippen molar-refractivity contribution in [3.63, 3.8) is 0 Å². The number of hydrogen-bond donors (Lipinski definition) is 1. The van der Waals surface area contributed by atoms with Gasteiger partial charge in [0, 0.05) is 43.3 Å². The number of rotatable bonds is 8. The van der Waals surface area contributed by atoms with Crippen molar-refractivity contribution in [3.05, 3.63) is 107 Å². The Hall–Kier alpha value is -3.86. The van der Waals surface area contributed by atoms with Crippen molar-refractivity contribution in [2.24, 2.45) is 7.05 Å². The zero-order valence-electron chi connectivity index (χ0n) is 18.3. The fraction of sp³-hybridized carbons (Fsp3) is 0.185. The predicted molar refractivity (Wildman–Crippen MR) is 125 cm³/mol. The summed E-state index contributed by atoms with van der Waals surface area (Å²) in [5.74, 6) is -0.897. The number of carbonyl (C=O) groups is 2. The fourth-order valence-electron chi connectivity index (χ4n) is 4.00. The highest BCUT2D eigenvalue weighted by molar-refractivity contribution is 6.08. The van der Waals surface area contributed by atoms with E-state index in [9.17, 15) is 14.7 Å². The van der Waals surface area contributed by atoms with E-state index in [-0.39, 0.29) is 5.78 Å². The Balaban J connectivity index is 1.45. The van der Waals surface area contributed by atoms with E-state index in [2.05, 4.69) is 12.1 Å². The molecule has 0 saturated carbocycles. The van der Waals surface area contributed by atoms with Crippen LogP contribution in [0.2, 0.25) is 0 Å². The van der Waals surface area contributed by atoms with Crippen molar-refractivity contribution in [3.8, 4) is 11.1 Å². The van der Waals surface area contributed by atoms with Gasteiger partial charge in [-0.05, 0) is 43.0 Å². The first kappa shape index (κ1) is 21.4. The molecule has 0 amide bonds. The van der Waals surface area contributed by atoms with E-state index in [0.29, 0.717) is 16.8 Å². The number of ketones is 1. The maximum absolute atomic E-state index is 12.9. The molecule has 0 fully saturated rings. The molecule has 0 aliphatic heterocycles. The number of carboxylic acids is 1. The average molecular weight is 427 g/mol. The molecule has 0 atom stereocenters. The standard InChI is InChI=1S/C27H26N2O3/c1-19-10-12-21(13-11-19)26(30)25-9-5-15-29(25)14-4-7-20-6-3-8-22(16-20)23-17-28(2)18-24(23)27(31)32/h3,5-6,8-13,15-18H,4,7,14H2,1-2H3,(H,31,32). The minimum atomic E-state index is -0.926. The number of nitrogens with zero attached hydrogens (tertiary/aromatic N) is 2. The Labute approximate surface area is 187 Å². The number of carbonyl (C=O) groups excluding carboxylic acids is 1. The second-order valence-corrected chi connectivity index (χ2v) is 8.14. The zero-order valence-corrected chi connectivity index (χ0v) is 18.3. The van der Waals surface area contributed by atoms with Crippen molar-refractivity contribution < 1.29 is 14.7 Å². The van der Waals surface area contributed by atoms with E-state index in [1.807, 2.05) is 79.5 Å². The van der Waals surface area contributed by atoms with E-state index in [1.165, 1.54) is 0 Å². The smallest absolute Gasteiger partial charge is 0.337 e. The molecule has 2 aromatic carbocycles. The Bertz CT molecular complexity index is 1260. The van der Waals surface area contributed by atoms with E-state index in [4.69, 9.17) is 0 Å². The Morgan fingerprint density at radius 3 is 2.50 bits per heavy atom. The summed E-state index contributed by atoms with van der Waals surface area (Å²) in [5, 5.41) is 9.48. The van der Waals surface area contributed by atoms with Crippen molar-refractivity contribution in [1.82, 2.24) is 9.13 Å². The molecular weight excluding hydrogens is 400 g/mol. The van der Waals surface area contributed by atoms with E-state index in [1.54, 1.807) is 10.8 Å². The van der Waals surface area contributed by atoms with Crippen LogP contribution in [0, 0.1) is 6.92 Å². The number of benzene rings is 2. The highest BCUT2D eigenvalue weighted by Crippen LogP contribution is 2.26. The predicted octanol–water partition coefficient (Wildman–Crippen LogP) is 5.36. The van der Waals surface area contributed by atoms with Gasteiger partial charge in [-0.2, -0.15) is 0 Å². The quantitative estimate of drug-likeness (QED) is 0.386. The van der Waals surface area contributed by atoms with Crippen molar-refractivity contribution in [2.45, 2.75) is 26.3 Å². The van der Waals surface area contributed by atoms with E-state index >= 15 is 0 Å². The van der Waals surface area contributed by atoms with Crippen LogP contribution in [0.5, 0.6) is 0 Å². The molecule has 5 nitrogen and oxygen atoms in total. The third-order valence-corrected chi connectivity index (χ3v) is 5.66. The van der Waals surface area contributed by atoms with E-state index in [0.717, 1.165) is 41.6 Å². The van der Waals surface area contributed by atoms with Gasteiger partial charge in [0.05, 0.1) is 11.3 Å².